The van der Waals surface area contributed by atoms with Gasteiger partial charge in [0.25, 0.3) is 5.56 Å². The predicted octanol–water partition coefficient (Wildman–Crippen LogP) is -1.48. The van der Waals surface area contributed by atoms with E-state index >= 15 is 0 Å². The van der Waals surface area contributed by atoms with Gasteiger partial charge >= 0.3 is 5.69 Å². The van der Waals surface area contributed by atoms with Crippen molar-refractivity contribution in [2.75, 3.05) is 13.2 Å². The molecule has 104 valence electrons. The Labute approximate surface area is 106 Å². The Morgan fingerprint density at radius 1 is 1.53 bits per heavy atom. The van der Waals surface area contributed by atoms with Gasteiger partial charge in [-0.3, -0.25) is 14.3 Å². The lowest BCUT2D eigenvalue weighted by atomic mass is 9.98. The van der Waals surface area contributed by atoms with Gasteiger partial charge in [0.1, 0.15) is 0 Å². The van der Waals surface area contributed by atoms with E-state index in [0.29, 0.717) is 0 Å². The topological polar surface area (TPSA) is 105 Å². The second kappa shape index (κ2) is 3.75. The molecule has 4 atom stereocenters. The van der Waals surface area contributed by atoms with E-state index < -0.39 is 47.9 Å². The van der Waals surface area contributed by atoms with Crippen molar-refractivity contribution in [3.63, 3.8) is 0 Å². The minimum absolute atomic E-state index is 0.0119. The Morgan fingerprint density at radius 3 is 2.79 bits per heavy atom. The van der Waals surface area contributed by atoms with E-state index in [4.69, 9.17) is 4.74 Å². The Balaban J connectivity index is 2.04. The minimum Gasteiger partial charge on any atom is -0.396 e. The molecule has 0 radical (unpaired) electrons. The summed E-state index contributed by atoms with van der Waals surface area (Å²) in [5.41, 5.74) is -4.44. The number of ether oxygens (including phenoxy) is 1. The molecule has 3 rings (SSSR count). The SMILES string of the molecule is O=c1ccn([C@@H]2O[C@H](CO)[C@]3(CO)C[C@]23F)c(=O)[nH]1. The van der Waals surface area contributed by atoms with E-state index in [1.54, 1.807) is 0 Å². The van der Waals surface area contributed by atoms with E-state index in [2.05, 4.69) is 0 Å². The van der Waals surface area contributed by atoms with Gasteiger partial charge in [-0.25, -0.2) is 9.18 Å². The molecule has 8 heteroatoms. The summed E-state index contributed by atoms with van der Waals surface area (Å²) in [6.45, 7) is -0.913. The molecule has 0 aromatic carbocycles. The average Bonchev–Trinajstić information content (AvgIpc) is 2.92. The molecule has 1 saturated carbocycles. The first-order chi connectivity index (χ1) is 8.98. The fourth-order valence-electron chi connectivity index (χ4n) is 2.93. The lowest BCUT2D eigenvalue weighted by Crippen LogP contribution is -2.36. The Morgan fingerprint density at radius 2 is 2.26 bits per heavy atom. The van der Waals surface area contributed by atoms with Crippen molar-refractivity contribution in [1.29, 1.82) is 0 Å². The summed E-state index contributed by atoms with van der Waals surface area (Å²) in [6, 6.07) is 1.09. The standard InChI is InChI=1S/C11H13FN2O5/c12-11-4-10(11,5-16)6(3-15)19-8(11)14-2-1-7(17)13-9(14)18/h1-2,6,8,15-16H,3-5H2,(H,13,17,18)/t6-,8-,10-,11+/m1/s1. The highest BCUT2D eigenvalue weighted by molar-refractivity contribution is 5.26. The van der Waals surface area contributed by atoms with Gasteiger partial charge < -0.3 is 14.9 Å². The zero-order valence-corrected chi connectivity index (χ0v) is 9.88. The molecule has 0 unspecified atom stereocenters. The molecule has 0 spiro atoms. The number of nitrogens with one attached hydrogen (secondary N) is 1. The van der Waals surface area contributed by atoms with Crippen LogP contribution in [0.2, 0.25) is 0 Å². The van der Waals surface area contributed by atoms with Crippen LogP contribution in [0.3, 0.4) is 0 Å². The van der Waals surface area contributed by atoms with Gasteiger partial charge in [0.05, 0.1) is 24.7 Å². The highest BCUT2D eigenvalue weighted by Gasteiger charge is 2.81. The Kier molecular flexibility index (Phi) is 2.47. The number of H-pyrrole nitrogens is 1. The number of fused-ring (bicyclic) bond motifs is 1. The van der Waals surface area contributed by atoms with Crippen LogP contribution >= 0.6 is 0 Å². The first-order valence-electron chi connectivity index (χ1n) is 5.86. The molecule has 2 heterocycles. The number of aromatic amines is 1. The van der Waals surface area contributed by atoms with Crippen LogP contribution < -0.4 is 11.2 Å². The average molecular weight is 272 g/mol. The van der Waals surface area contributed by atoms with Crippen molar-refractivity contribution in [2.24, 2.45) is 5.41 Å². The maximum atomic E-state index is 14.8. The van der Waals surface area contributed by atoms with Gasteiger partial charge in [-0.1, -0.05) is 0 Å². The van der Waals surface area contributed by atoms with Crippen molar-refractivity contribution >= 4 is 0 Å². The molecular formula is C11H13FN2O5. The summed E-state index contributed by atoms with van der Waals surface area (Å²) in [5, 5.41) is 18.5. The van der Waals surface area contributed by atoms with Crippen LogP contribution in [0, 0.1) is 5.41 Å². The molecule has 7 nitrogen and oxygen atoms in total. The first kappa shape index (κ1) is 12.5. The highest BCUT2D eigenvalue weighted by Crippen LogP contribution is 2.71. The highest BCUT2D eigenvalue weighted by atomic mass is 19.1. The molecule has 3 N–H and O–H groups in total. The number of nitrogens with zero attached hydrogens (tertiary/aromatic N) is 1. The van der Waals surface area contributed by atoms with E-state index in [1.807, 2.05) is 4.98 Å². The van der Waals surface area contributed by atoms with Crippen molar-refractivity contribution in [1.82, 2.24) is 9.55 Å². The van der Waals surface area contributed by atoms with Crippen LogP contribution in [0.4, 0.5) is 4.39 Å². The maximum Gasteiger partial charge on any atom is 0.330 e. The van der Waals surface area contributed by atoms with E-state index in [0.717, 1.165) is 16.8 Å². The maximum absolute atomic E-state index is 14.8. The van der Waals surface area contributed by atoms with Crippen LogP contribution in [-0.4, -0.2) is 44.8 Å². The minimum atomic E-state index is -1.91. The van der Waals surface area contributed by atoms with E-state index in [1.165, 1.54) is 0 Å². The lowest BCUT2D eigenvalue weighted by molar-refractivity contribution is -0.0805. The molecule has 19 heavy (non-hydrogen) atoms. The number of hydrogen-bond donors (Lipinski definition) is 3. The van der Waals surface area contributed by atoms with Gasteiger partial charge in [-0.15, -0.1) is 0 Å². The third kappa shape index (κ3) is 1.41. The van der Waals surface area contributed by atoms with E-state index in [9.17, 15) is 24.2 Å². The van der Waals surface area contributed by atoms with Gasteiger partial charge in [-0.2, -0.15) is 0 Å². The predicted molar refractivity (Wildman–Crippen MR) is 60.3 cm³/mol. The van der Waals surface area contributed by atoms with Crippen molar-refractivity contribution in [3.05, 3.63) is 33.1 Å². The number of hydrogen-bond acceptors (Lipinski definition) is 5. The summed E-state index contributed by atoms with van der Waals surface area (Å²) in [6.07, 6.45) is -0.960. The Hall–Kier alpha value is -1.51. The number of alkyl halides is 1. The number of rotatable bonds is 3. The molecule has 1 saturated heterocycles. The molecule has 2 aliphatic rings. The molecule has 1 aromatic heterocycles. The molecule has 0 amide bonds. The number of aliphatic hydroxyl groups is 2. The molecule has 1 aliphatic carbocycles. The second-order valence-corrected chi connectivity index (χ2v) is 5.03. The summed E-state index contributed by atoms with van der Waals surface area (Å²) in [4.78, 5) is 24.7. The van der Waals surface area contributed by atoms with Crippen LogP contribution in [-0.2, 0) is 4.74 Å². The van der Waals surface area contributed by atoms with Crippen LogP contribution in [0.15, 0.2) is 21.9 Å². The third-order valence-electron chi connectivity index (χ3n) is 4.13. The smallest absolute Gasteiger partial charge is 0.330 e. The summed E-state index contributed by atoms with van der Waals surface area (Å²) in [7, 11) is 0. The molecule has 0 bridgehead atoms. The van der Waals surface area contributed by atoms with Gasteiger partial charge in [0.2, 0.25) is 0 Å². The number of halogens is 1. The zero-order chi connectivity index (χ0) is 13.8. The molecule has 1 aliphatic heterocycles. The van der Waals surface area contributed by atoms with Crippen LogP contribution in [0.25, 0.3) is 0 Å². The summed E-state index contributed by atoms with van der Waals surface area (Å²) < 4.78 is 21.0. The van der Waals surface area contributed by atoms with Crippen molar-refractivity contribution in [3.8, 4) is 0 Å². The van der Waals surface area contributed by atoms with Crippen LogP contribution in [0.1, 0.15) is 12.6 Å². The molecule has 1 aromatic rings. The summed E-state index contributed by atoms with van der Waals surface area (Å²) >= 11 is 0. The third-order valence-corrected chi connectivity index (χ3v) is 4.13. The number of aliphatic hydroxyl groups excluding tert-OH is 2. The Bertz CT molecular complexity index is 628. The number of aromatic nitrogens is 2. The second-order valence-electron chi connectivity index (χ2n) is 5.03. The normalized spacial score (nSPS) is 40.2. The van der Waals surface area contributed by atoms with Crippen molar-refractivity contribution in [2.45, 2.75) is 24.4 Å². The monoisotopic (exact) mass is 272 g/mol. The molecular weight excluding hydrogens is 259 g/mol. The largest absolute Gasteiger partial charge is 0.396 e. The summed E-state index contributed by atoms with van der Waals surface area (Å²) in [5.74, 6) is 0. The lowest BCUT2D eigenvalue weighted by Gasteiger charge is -2.20. The fraction of sp³-hybridized carbons (Fsp3) is 0.636. The van der Waals surface area contributed by atoms with Crippen LogP contribution in [0.5, 0.6) is 0 Å². The van der Waals surface area contributed by atoms with Crippen molar-refractivity contribution < 1.29 is 19.3 Å². The van der Waals surface area contributed by atoms with E-state index in [-0.39, 0.29) is 6.42 Å². The quantitative estimate of drug-likeness (QED) is 0.622. The zero-order valence-electron chi connectivity index (χ0n) is 9.88. The molecule has 2 fully saturated rings. The van der Waals surface area contributed by atoms with Gasteiger partial charge in [0.15, 0.2) is 11.9 Å². The fourth-order valence-corrected chi connectivity index (χ4v) is 2.93. The van der Waals surface area contributed by atoms with Gasteiger partial charge in [-0.05, 0) is 0 Å². The van der Waals surface area contributed by atoms with Gasteiger partial charge in [0, 0.05) is 18.7 Å². The first-order valence-corrected chi connectivity index (χ1v) is 5.86.